The minimum Gasteiger partial charge on any atom is -0.306 e. The second kappa shape index (κ2) is 14.5. The molecule has 2 saturated heterocycles. The minimum absolute atomic E-state index is 0.0407. The molecule has 13 nitrogen and oxygen atoms in total. The summed E-state index contributed by atoms with van der Waals surface area (Å²) < 4.78 is 7.04. The Morgan fingerprint density at radius 1 is 0.607 bits per heavy atom. The maximum Gasteiger partial charge on any atom is 0.258 e. The number of nitrogens with zero attached hydrogens (tertiary/aromatic N) is 11. The van der Waals surface area contributed by atoms with Crippen LogP contribution in [0.3, 0.4) is 0 Å². The van der Waals surface area contributed by atoms with Gasteiger partial charge in [0.25, 0.3) is 11.1 Å². The summed E-state index contributed by atoms with van der Waals surface area (Å²) in [5.41, 5.74) is 9.26. The second-order valence-corrected chi connectivity index (χ2v) is 15.5. The fraction of sp³-hybridized carbons (Fsp3) is 0.326. The molecule has 0 aliphatic carbocycles. The third-order valence-electron chi connectivity index (χ3n) is 11.4. The number of aromatic nitrogens is 9. The molecule has 2 aliphatic rings. The van der Waals surface area contributed by atoms with E-state index in [2.05, 4.69) is 50.0 Å². The van der Waals surface area contributed by atoms with Crippen molar-refractivity contribution in [1.82, 2.24) is 52.7 Å². The molecule has 0 unspecified atom stereocenters. The van der Waals surface area contributed by atoms with Crippen LogP contribution in [0, 0.1) is 6.92 Å². The van der Waals surface area contributed by atoms with E-state index >= 15 is 0 Å². The first-order valence-electron chi connectivity index (χ1n) is 19.3. The average Bonchev–Trinajstić information content (AvgIpc) is 3.78. The third kappa shape index (κ3) is 7.11. The zero-order valence-electron chi connectivity index (χ0n) is 32.2. The first-order chi connectivity index (χ1) is 27.1. The fourth-order valence-corrected chi connectivity index (χ4v) is 8.12. The molecule has 0 spiro atoms. The second-order valence-electron chi connectivity index (χ2n) is 15.5. The Hall–Kier alpha value is -6.05. The number of piperidine rings is 2. The Labute approximate surface area is 323 Å². The summed E-state index contributed by atoms with van der Waals surface area (Å²) in [6.45, 7) is 6.29. The molecule has 2 aliphatic heterocycles. The van der Waals surface area contributed by atoms with Crippen LogP contribution < -0.4 is 11.1 Å². The lowest BCUT2D eigenvalue weighted by Crippen LogP contribution is -2.30. The van der Waals surface area contributed by atoms with Crippen molar-refractivity contribution in [1.29, 1.82) is 0 Å². The molecular weight excluding hydrogens is 703 g/mol. The van der Waals surface area contributed by atoms with E-state index in [-0.39, 0.29) is 11.1 Å². The minimum atomic E-state index is -0.0847. The number of imidazole rings is 1. The molecule has 9 heterocycles. The summed E-state index contributed by atoms with van der Waals surface area (Å²) in [6.07, 6.45) is 15.9. The molecule has 10 rings (SSSR count). The average molecular weight is 748 g/mol. The molecular formula is C43H45N11O2. The van der Waals surface area contributed by atoms with Crippen LogP contribution in [0.5, 0.6) is 0 Å². The van der Waals surface area contributed by atoms with Crippen molar-refractivity contribution in [2.45, 2.75) is 44.4 Å². The summed E-state index contributed by atoms with van der Waals surface area (Å²) in [7, 11) is 6.21. The van der Waals surface area contributed by atoms with Crippen LogP contribution in [0.2, 0.25) is 0 Å². The number of fused-ring (bicyclic) bond motifs is 4. The standard InChI is InChI=1S/C22H23N5O.C21H22N6O/c1-25-9-7-15(8-10-25)17-4-6-21-23-20(12-22(28)27(21)14-17)16-3-5-19-18(11-16)13-26(2)24-19;1-14-11-26-12-16(3-4-19(26)23-14)17-9-21(28)27-13-18(22-10-20(27)24-17)15-5-7-25(2)8-6-15/h3-6,11-15H,7-10H2,1-2H3;3-4,9-13,15H,5-8H2,1-2H3. The summed E-state index contributed by atoms with van der Waals surface area (Å²) in [5.74, 6) is 0.916. The van der Waals surface area contributed by atoms with E-state index in [1.165, 1.54) is 5.56 Å². The molecule has 284 valence electrons. The van der Waals surface area contributed by atoms with Crippen molar-refractivity contribution in [2.75, 3.05) is 40.3 Å². The first-order valence-corrected chi connectivity index (χ1v) is 19.3. The van der Waals surface area contributed by atoms with Gasteiger partial charge in [0.2, 0.25) is 0 Å². The Kier molecular flexibility index (Phi) is 9.26. The molecule has 7 aromatic heterocycles. The van der Waals surface area contributed by atoms with Gasteiger partial charge in [0, 0.05) is 72.6 Å². The van der Waals surface area contributed by atoms with Gasteiger partial charge in [0.05, 0.1) is 34.5 Å². The highest BCUT2D eigenvalue weighted by molar-refractivity contribution is 5.83. The molecule has 2 fully saturated rings. The Morgan fingerprint density at radius 3 is 2.00 bits per heavy atom. The number of hydrogen-bond donors (Lipinski definition) is 0. The summed E-state index contributed by atoms with van der Waals surface area (Å²) in [5, 5.41) is 5.44. The molecule has 0 N–H and O–H groups in total. The van der Waals surface area contributed by atoms with E-state index < -0.39 is 0 Å². The first kappa shape index (κ1) is 35.6. The number of rotatable bonds is 4. The quantitative estimate of drug-likeness (QED) is 0.227. The molecule has 0 saturated carbocycles. The van der Waals surface area contributed by atoms with E-state index in [1.54, 1.807) is 31.8 Å². The van der Waals surface area contributed by atoms with E-state index in [1.807, 2.05) is 85.8 Å². The van der Waals surface area contributed by atoms with E-state index in [9.17, 15) is 9.59 Å². The van der Waals surface area contributed by atoms with E-state index in [4.69, 9.17) is 4.98 Å². The molecule has 56 heavy (non-hydrogen) atoms. The summed E-state index contributed by atoms with van der Waals surface area (Å²) in [6, 6.07) is 17.2. The van der Waals surface area contributed by atoms with Crippen LogP contribution in [0.25, 0.3) is 50.4 Å². The van der Waals surface area contributed by atoms with Crippen LogP contribution in [0.4, 0.5) is 0 Å². The lowest BCUT2D eigenvalue weighted by Gasteiger charge is -2.29. The lowest BCUT2D eigenvalue weighted by molar-refractivity contribution is 0.253. The van der Waals surface area contributed by atoms with Gasteiger partial charge < -0.3 is 14.2 Å². The molecule has 1 aromatic carbocycles. The Bertz CT molecular complexity index is 2660. The van der Waals surface area contributed by atoms with Gasteiger partial charge in [-0.05, 0) is 115 Å². The SMILES string of the molecule is CN1CCC(c2ccc3nc(-c4ccc5nn(C)cc5c4)cc(=O)n3c2)CC1.Cc1cn2cc(-c3cc(=O)n4cc(C5CCN(C)CC5)ncc4n3)ccc2n1. The van der Waals surface area contributed by atoms with Gasteiger partial charge in [-0.15, -0.1) is 0 Å². The highest BCUT2D eigenvalue weighted by Gasteiger charge is 2.21. The zero-order valence-corrected chi connectivity index (χ0v) is 32.2. The van der Waals surface area contributed by atoms with Gasteiger partial charge in [0.1, 0.15) is 11.3 Å². The number of benzene rings is 1. The topological polar surface area (TPSA) is 123 Å². The van der Waals surface area contributed by atoms with Gasteiger partial charge in [-0.3, -0.25) is 28.1 Å². The number of likely N-dealkylation sites (tertiary alicyclic amines) is 2. The maximum atomic E-state index is 12.8. The van der Waals surface area contributed by atoms with Crippen molar-refractivity contribution >= 4 is 27.8 Å². The van der Waals surface area contributed by atoms with Crippen molar-refractivity contribution in [3.63, 3.8) is 0 Å². The molecule has 0 bridgehead atoms. The van der Waals surface area contributed by atoms with Gasteiger partial charge in [-0.25, -0.2) is 15.0 Å². The normalized spacial score (nSPS) is 16.2. The van der Waals surface area contributed by atoms with Crippen LogP contribution in [-0.4, -0.2) is 93.0 Å². The van der Waals surface area contributed by atoms with Crippen molar-refractivity contribution in [2.24, 2.45) is 7.05 Å². The Morgan fingerprint density at radius 2 is 1.25 bits per heavy atom. The maximum absolute atomic E-state index is 12.8. The fourth-order valence-electron chi connectivity index (χ4n) is 8.12. The molecule has 8 aromatic rings. The summed E-state index contributed by atoms with van der Waals surface area (Å²) in [4.78, 5) is 48.8. The highest BCUT2D eigenvalue weighted by atomic mass is 16.1. The lowest BCUT2D eigenvalue weighted by atomic mass is 9.91. The van der Waals surface area contributed by atoms with Crippen molar-refractivity contribution < 1.29 is 0 Å². The van der Waals surface area contributed by atoms with E-state index in [0.29, 0.717) is 34.5 Å². The number of aryl methyl sites for hydroxylation is 2. The monoisotopic (exact) mass is 747 g/mol. The Balaban J connectivity index is 0.000000146. The number of pyridine rings is 2. The molecule has 0 atom stereocenters. The highest BCUT2D eigenvalue weighted by Crippen LogP contribution is 2.29. The molecule has 13 heteroatoms. The van der Waals surface area contributed by atoms with Crippen LogP contribution >= 0.6 is 0 Å². The largest absolute Gasteiger partial charge is 0.306 e. The number of hydrogen-bond acceptors (Lipinski definition) is 9. The van der Waals surface area contributed by atoms with Gasteiger partial charge in [-0.1, -0.05) is 12.1 Å². The predicted molar refractivity (Wildman–Crippen MR) is 218 cm³/mol. The van der Waals surface area contributed by atoms with Crippen LogP contribution in [0.15, 0.2) is 101 Å². The summed E-state index contributed by atoms with van der Waals surface area (Å²) >= 11 is 0. The zero-order chi connectivity index (χ0) is 38.5. The molecule has 0 amide bonds. The van der Waals surface area contributed by atoms with Crippen molar-refractivity contribution in [3.05, 3.63) is 129 Å². The van der Waals surface area contributed by atoms with E-state index in [0.717, 1.165) is 90.9 Å². The van der Waals surface area contributed by atoms with Crippen LogP contribution in [0.1, 0.15) is 54.5 Å². The van der Waals surface area contributed by atoms with Gasteiger partial charge >= 0.3 is 0 Å². The van der Waals surface area contributed by atoms with Gasteiger partial charge in [-0.2, -0.15) is 5.10 Å². The smallest absolute Gasteiger partial charge is 0.258 e. The molecule has 0 radical (unpaired) electrons. The third-order valence-corrected chi connectivity index (χ3v) is 11.4. The van der Waals surface area contributed by atoms with Crippen molar-refractivity contribution in [3.8, 4) is 22.5 Å². The van der Waals surface area contributed by atoms with Crippen LogP contribution in [-0.2, 0) is 7.05 Å². The predicted octanol–water partition coefficient (Wildman–Crippen LogP) is 5.58. The van der Waals surface area contributed by atoms with Gasteiger partial charge in [0.15, 0.2) is 5.65 Å².